The number of unbranched alkanes of at least 4 members (excludes halogenated alkanes) is 1. The number of aromatic nitrogens is 2. The maximum absolute atomic E-state index is 12.9. The van der Waals surface area contributed by atoms with Crippen LogP contribution < -0.4 is 21.9 Å². The Labute approximate surface area is 159 Å². The van der Waals surface area contributed by atoms with E-state index in [1.165, 1.54) is 9.47 Å². The molecule has 0 aromatic carbocycles. The Balaban J connectivity index is 2.29. The second-order valence-corrected chi connectivity index (χ2v) is 7.09. The number of morpholine rings is 1. The lowest BCUT2D eigenvalue weighted by atomic mass is 10.2. The van der Waals surface area contributed by atoms with Crippen LogP contribution in [0, 0.1) is 0 Å². The van der Waals surface area contributed by atoms with Crippen molar-refractivity contribution < 1.29 is 9.53 Å². The summed E-state index contributed by atoms with van der Waals surface area (Å²) in [5, 5.41) is 0. The summed E-state index contributed by atoms with van der Waals surface area (Å²) in [4.78, 5) is 43.1. The van der Waals surface area contributed by atoms with Gasteiger partial charge in [0.2, 0.25) is 5.91 Å². The van der Waals surface area contributed by atoms with E-state index in [1.54, 1.807) is 6.92 Å². The molecule has 1 aromatic rings. The Morgan fingerprint density at radius 3 is 2.44 bits per heavy atom. The van der Waals surface area contributed by atoms with Gasteiger partial charge in [0.15, 0.2) is 5.69 Å². The van der Waals surface area contributed by atoms with E-state index in [0.717, 1.165) is 12.8 Å². The van der Waals surface area contributed by atoms with Crippen molar-refractivity contribution >= 4 is 17.4 Å². The van der Waals surface area contributed by atoms with Crippen molar-refractivity contribution in [3.05, 3.63) is 20.8 Å². The number of aromatic amines is 1. The molecule has 2 heterocycles. The zero-order valence-electron chi connectivity index (χ0n) is 16.7. The molecule has 9 nitrogen and oxygen atoms in total. The number of anilines is 2. The van der Waals surface area contributed by atoms with Crippen LogP contribution in [0.15, 0.2) is 9.59 Å². The van der Waals surface area contributed by atoms with Gasteiger partial charge in [0.05, 0.1) is 18.8 Å². The number of nitrogens with two attached hydrogens (primary N) is 1. The molecule has 1 aromatic heterocycles. The fraction of sp³-hybridized carbons (Fsp3) is 0.722. The molecule has 0 spiro atoms. The predicted octanol–water partition coefficient (Wildman–Crippen LogP) is 0.381. The molecule has 0 unspecified atom stereocenters. The number of nitrogen functional groups attached to an aromatic ring is 1. The second-order valence-electron chi connectivity index (χ2n) is 7.09. The fourth-order valence-corrected chi connectivity index (χ4v) is 3.53. The van der Waals surface area contributed by atoms with E-state index >= 15 is 0 Å². The van der Waals surface area contributed by atoms with E-state index in [9.17, 15) is 14.4 Å². The molecule has 1 aliphatic heterocycles. The number of nitrogens with zero attached hydrogens (tertiary/aromatic N) is 3. The first-order valence-electron chi connectivity index (χ1n) is 9.59. The average molecular weight is 381 g/mol. The normalized spacial score (nSPS) is 20.6. The van der Waals surface area contributed by atoms with Crippen molar-refractivity contribution in [3.63, 3.8) is 0 Å². The summed E-state index contributed by atoms with van der Waals surface area (Å²) in [6, 6.07) is 0. The summed E-state index contributed by atoms with van der Waals surface area (Å²) < 4.78 is 7.02. The number of H-pyrrole nitrogens is 1. The van der Waals surface area contributed by atoms with E-state index in [1.807, 2.05) is 25.7 Å². The molecule has 1 amide bonds. The smallest absolute Gasteiger partial charge is 0.330 e. The van der Waals surface area contributed by atoms with Gasteiger partial charge in [-0.15, -0.1) is 0 Å². The summed E-state index contributed by atoms with van der Waals surface area (Å²) in [5.41, 5.74) is 5.00. The number of ether oxygens (including phenoxy) is 1. The van der Waals surface area contributed by atoms with Gasteiger partial charge >= 0.3 is 5.69 Å². The van der Waals surface area contributed by atoms with Gasteiger partial charge < -0.3 is 15.4 Å². The van der Waals surface area contributed by atoms with E-state index in [2.05, 4.69) is 4.98 Å². The summed E-state index contributed by atoms with van der Waals surface area (Å²) in [6.07, 6.45) is 1.71. The molecule has 2 rings (SSSR count). The summed E-state index contributed by atoms with van der Waals surface area (Å²) >= 11 is 0. The van der Waals surface area contributed by atoms with Gasteiger partial charge in [-0.3, -0.25) is 24.0 Å². The number of carbonyl (C=O) groups excluding carboxylic acids is 1. The molecule has 3 N–H and O–H groups in total. The molecule has 27 heavy (non-hydrogen) atoms. The Hall–Kier alpha value is -2.13. The van der Waals surface area contributed by atoms with Crippen molar-refractivity contribution in [2.45, 2.75) is 59.3 Å². The molecular formula is C18H31N5O4. The van der Waals surface area contributed by atoms with Crippen molar-refractivity contribution in [2.24, 2.45) is 0 Å². The molecule has 1 saturated heterocycles. The molecule has 0 aliphatic carbocycles. The summed E-state index contributed by atoms with van der Waals surface area (Å²) in [7, 11) is 0. The molecule has 152 valence electrons. The van der Waals surface area contributed by atoms with Gasteiger partial charge in [-0.2, -0.15) is 0 Å². The number of nitrogens with one attached hydrogen (secondary N) is 1. The van der Waals surface area contributed by atoms with Crippen molar-refractivity contribution in [1.29, 1.82) is 0 Å². The lowest BCUT2D eigenvalue weighted by Gasteiger charge is -2.35. The highest BCUT2D eigenvalue weighted by atomic mass is 16.5. The van der Waals surface area contributed by atoms with Crippen molar-refractivity contribution in [3.8, 4) is 0 Å². The number of amides is 1. The highest BCUT2D eigenvalue weighted by Crippen LogP contribution is 2.18. The first-order valence-corrected chi connectivity index (χ1v) is 9.59. The predicted molar refractivity (Wildman–Crippen MR) is 105 cm³/mol. The second kappa shape index (κ2) is 9.18. The fourth-order valence-electron chi connectivity index (χ4n) is 3.53. The molecule has 0 bridgehead atoms. The lowest BCUT2D eigenvalue weighted by molar-refractivity contribution is -0.123. The molecular weight excluding hydrogens is 350 g/mol. The minimum Gasteiger partial charge on any atom is -0.383 e. The molecule has 0 radical (unpaired) electrons. The quantitative estimate of drug-likeness (QED) is 0.706. The number of likely N-dealkylation sites (N-methyl/N-ethyl adjacent to an activating group) is 1. The van der Waals surface area contributed by atoms with Crippen LogP contribution in [0.25, 0.3) is 0 Å². The third-order valence-electron chi connectivity index (χ3n) is 4.69. The average Bonchev–Trinajstić information content (AvgIpc) is 2.57. The number of hydrogen-bond donors (Lipinski definition) is 2. The third kappa shape index (κ3) is 4.98. The van der Waals surface area contributed by atoms with Crippen molar-refractivity contribution in [2.75, 3.05) is 36.8 Å². The first-order chi connectivity index (χ1) is 12.8. The van der Waals surface area contributed by atoms with Gasteiger partial charge in [-0.25, -0.2) is 4.79 Å². The number of rotatable bonds is 7. The largest absolute Gasteiger partial charge is 0.383 e. The van der Waals surface area contributed by atoms with Crippen LogP contribution in [0.5, 0.6) is 0 Å². The molecule has 0 saturated carbocycles. The minimum atomic E-state index is -0.635. The van der Waals surface area contributed by atoms with Crippen LogP contribution in [-0.4, -0.2) is 58.7 Å². The molecule has 1 aliphatic rings. The minimum absolute atomic E-state index is 0.0381. The van der Waals surface area contributed by atoms with Crippen LogP contribution in [0.2, 0.25) is 0 Å². The lowest BCUT2D eigenvalue weighted by Crippen LogP contribution is -2.51. The Morgan fingerprint density at radius 2 is 1.89 bits per heavy atom. The van der Waals surface area contributed by atoms with Crippen LogP contribution in [0.3, 0.4) is 0 Å². The van der Waals surface area contributed by atoms with Crippen LogP contribution in [0.4, 0.5) is 11.5 Å². The number of carbonyl (C=O) groups is 1. The Kier molecular flexibility index (Phi) is 7.20. The van der Waals surface area contributed by atoms with Gasteiger partial charge in [0.25, 0.3) is 5.56 Å². The molecule has 9 heteroatoms. The van der Waals surface area contributed by atoms with Crippen LogP contribution >= 0.6 is 0 Å². The maximum atomic E-state index is 12.9. The Bertz CT molecular complexity index is 762. The summed E-state index contributed by atoms with van der Waals surface area (Å²) in [6.45, 7) is 9.86. The zero-order chi connectivity index (χ0) is 20.1. The van der Waals surface area contributed by atoms with Crippen LogP contribution in [0.1, 0.15) is 40.5 Å². The van der Waals surface area contributed by atoms with E-state index < -0.39 is 11.2 Å². The molecule has 2 atom stereocenters. The standard InChI is InChI=1S/C18H31N5O4/c1-5-7-8-23-16(19)15(17(25)20-18(23)26)22(6-2)14(24)11-21-9-12(3)27-13(4)10-21/h12-13H,5-11,19H2,1-4H3,(H,20,25,26)/t12-,13+. The first kappa shape index (κ1) is 21.2. The highest BCUT2D eigenvalue weighted by molar-refractivity contribution is 5.96. The van der Waals surface area contributed by atoms with Crippen LogP contribution in [-0.2, 0) is 16.1 Å². The van der Waals surface area contributed by atoms with E-state index in [-0.39, 0.29) is 42.7 Å². The van der Waals surface area contributed by atoms with E-state index in [4.69, 9.17) is 10.5 Å². The van der Waals surface area contributed by atoms with Gasteiger partial charge in [-0.1, -0.05) is 13.3 Å². The molecule has 1 fully saturated rings. The monoisotopic (exact) mass is 381 g/mol. The van der Waals surface area contributed by atoms with Gasteiger partial charge in [-0.05, 0) is 27.2 Å². The number of hydrogen-bond acceptors (Lipinski definition) is 6. The topological polar surface area (TPSA) is 114 Å². The zero-order valence-corrected chi connectivity index (χ0v) is 16.7. The maximum Gasteiger partial charge on any atom is 0.330 e. The van der Waals surface area contributed by atoms with Gasteiger partial charge in [0, 0.05) is 26.2 Å². The van der Waals surface area contributed by atoms with E-state index in [0.29, 0.717) is 19.6 Å². The Morgan fingerprint density at radius 1 is 1.26 bits per heavy atom. The SMILES string of the molecule is CCCCn1c(N)c(N(CC)C(=O)CN2C[C@@H](C)O[C@@H](C)C2)c(=O)[nH]c1=O. The van der Waals surface area contributed by atoms with Gasteiger partial charge in [0.1, 0.15) is 5.82 Å². The summed E-state index contributed by atoms with van der Waals surface area (Å²) in [5.74, 6) is -0.187. The highest BCUT2D eigenvalue weighted by Gasteiger charge is 2.28. The van der Waals surface area contributed by atoms with Crippen molar-refractivity contribution in [1.82, 2.24) is 14.5 Å². The third-order valence-corrected chi connectivity index (χ3v) is 4.69.